The van der Waals surface area contributed by atoms with Crippen LogP contribution in [0.3, 0.4) is 0 Å². The normalized spacial score (nSPS) is 11.3. The zero-order chi connectivity index (χ0) is 16.3. The first-order valence-electron chi connectivity index (χ1n) is 6.30. The van der Waals surface area contributed by atoms with Gasteiger partial charge >= 0.3 is 132 Å². The van der Waals surface area contributed by atoms with Crippen LogP contribution in [-0.2, 0) is 0 Å². The number of aromatic nitrogens is 1. The molecule has 0 saturated heterocycles. The molecule has 1 heterocycles. The Balaban J connectivity index is 2.14. The van der Waals surface area contributed by atoms with Crippen LogP contribution in [0.1, 0.15) is 11.4 Å². The minimum atomic E-state index is -0.456. The number of nitro benzene ring substituents is 1. The van der Waals surface area contributed by atoms with E-state index in [1.165, 1.54) is 12.1 Å². The second-order valence-electron chi connectivity index (χ2n) is 4.66. The van der Waals surface area contributed by atoms with Gasteiger partial charge in [0.05, 0.1) is 0 Å². The van der Waals surface area contributed by atoms with Crippen LogP contribution >= 0.6 is 0 Å². The van der Waals surface area contributed by atoms with E-state index < -0.39 is 4.92 Å². The standard InChI is InChI=1S/C13H15N5O3Se/c1-8(11-12(19)14-13(22-11)17(2)3)15-16-9-4-6-10(7-5-9)18(20)21/h4-7,16,19H,1-3H3/b15-8-. The molecular formula is C13H15N5O3Se. The number of hydrazone groups is 1. The SMILES string of the molecule is C/C(=N/Nc1ccc([N+](=O)[O-])cc1)c1[se]c(N(C)C)nc1O. The molecule has 0 spiro atoms. The van der Waals surface area contributed by atoms with Crippen LogP contribution in [-0.4, -0.2) is 49.3 Å². The molecule has 0 fully saturated rings. The zero-order valence-corrected chi connectivity index (χ0v) is 14.0. The monoisotopic (exact) mass is 369 g/mol. The molecule has 0 radical (unpaired) electrons. The number of nitrogens with one attached hydrogen (secondary N) is 1. The van der Waals surface area contributed by atoms with E-state index in [0.29, 0.717) is 15.8 Å². The number of nitro groups is 1. The van der Waals surface area contributed by atoms with E-state index in [1.807, 2.05) is 19.0 Å². The predicted molar refractivity (Wildman–Crippen MR) is 86.1 cm³/mol. The molecule has 0 unspecified atom stereocenters. The van der Waals surface area contributed by atoms with E-state index in [2.05, 4.69) is 15.5 Å². The van der Waals surface area contributed by atoms with Gasteiger partial charge in [-0.05, 0) is 0 Å². The molecule has 1 aromatic heterocycles. The molecule has 8 nitrogen and oxygen atoms in total. The van der Waals surface area contributed by atoms with E-state index in [0.717, 1.165) is 4.69 Å². The third kappa shape index (κ3) is 3.63. The Hall–Kier alpha value is -2.38. The summed E-state index contributed by atoms with van der Waals surface area (Å²) in [4.78, 5) is 16.1. The first-order valence-corrected chi connectivity index (χ1v) is 8.02. The quantitative estimate of drug-likeness (QED) is 0.360. The number of hydrogen-bond acceptors (Lipinski definition) is 7. The van der Waals surface area contributed by atoms with Crippen molar-refractivity contribution in [1.29, 1.82) is 0 Å². The summed E-state index contributed by atoms with van der Waals surface area (Å²) in [5, 5.41) is 24.7. The van der Waals surface area contributed by atoms with Crippen LogP contribution < -0.4 is 10.3 Å². The molecule has 0 aliphatic carbocycles. The van der Waals surface area contributed by atoms with Crippen molar-refractivity contribution in [1.82, 2.24) is 4.98 Å². The molecule has 0 aliphatic heterocycles. The molecule has 0 amide bonds. The average Bonchev–Trinajstić information content (AvgIpc) is 2.87. The number of hydrogen-bond donors (Lipinski definition) is 2. The van der Waals surface area contributed by atoms with Gasteiger partial charge in [-0.3, -0.25) is 0 Å². The summed E-state index contributed by atoms with van der Waals surface area (Å²) in [6.45, 7) is 1.78. The van der Waals surface area contributed by atoms with E-state index >= 15 is 0 Å². The summed E-state index contributed by atoms with van der Waals surface area (Å²) in [5.74, 6) is -0.00421. The zero-order valence-electron chi connectivity index (χ0n) is 12.3. The summed E-state index contributed by atoms with van der Waals surface area (Å²) in [6, 6.07) is 5.95. The summed E-state index contributed by atoms with van der Waals surface area (Å²) in [6.07, 6.45) is 0. The number of non-ortho nitro benzene ring substituents is 1. The number of aromatic hydroxyl groups is 1. The minimum absolute atomic E-state index is 0.00421. The van der Waals surface area contributed by atoms with Gasteiger partial charge in [0.15, 0.2) is 0 Å². The second kappa shape index (κ2) is 6.59. The molecule has 2 rings (SSSR count). The van der Waals surface area contributed by atoms with Crippen molar-refractivity contribution < 1.29 is 10.0 Å². The van der Waals surface area contributed by atoms with Gasteiger partial charge in [0.2, 0.25) is 0 Å². The summed E-state index contributed by atoms with van der Waals surface area (Å²) in [7, 11) is 3.75. The molecule has 0 aliphatic rings. The summed E-state index contributed by atoms with van der Waals surface area (Å²) in [5.41, 5.74) is 4.11. The van der Waals surface area contributed by atoms with Crippen molar-refractivity contribution in [2.24, 2.45) is 5.10 Å². The molecule has 2 aromatic rings. The summed E-state index contributed by atoms with van der Waals surface area (Å²) < 4.78 is 1.54. The van der Waals surface area contributed by atoms with Crippen LogP contribution in [0.25, 0.3) is 0 Å². The predicted octanol–water partition coefficient (Wildman–Crippen LogP) is 1.65. The molecular weight excluding hydrogens is 353 g/mol. The maximum absolute atomic E-state index is 10.6. The van der Waals surface area contributed by atoms with Gasteiger partial charge in [0.25, 0.3) is 0 Å². The van der Waals surface area contributed by atoms with Gasteiger partial charge in [-0.15, -0.1) is 0 Å². The van der Waals surface area contributed by atoms with Gasteiger partial charge in [-0.25, -0.2) is 0 Å². The molecule has 0 saturated carbocycles. The van der Waals surface area contributed by atoms with Crippen molar-refractivity contribution in [3.05, 3.63) is 38.8 Å². The molecule has 0 atom stereocenters. The topological polar surface area (TPSA) is 104 Å². The third-order valence-corrected chi connectivity index (χ3v) is 5.51. The number of nitrogens with zero attached hydrogens (tertiary/aromatic N) is 4. The van der Waals surface area contributed by atoms with Gasteiger partial charge in [0.1, 0.15) is 0 Å². The number of benzene rings is 1. The van der Waals surface area contributed by atoms with E-state index in [-0.39, 0.29) is 26.1 Å². The van der Waals surface area contributed by atoms with Crippen molar-refractivity contribution in [3.8, 4) is 5.88 Å². The average molecular weight is 368 g/mol. The maximum atomic E-state index is 10.6. The molecule has 1 aromatic carbocycles. The van der Waals surface area contributed by atoms with Gasteiger partial charge in [-0.1, -0.05) is 0 Å². The first kappa shape index (κ1) is 16.0. The van der Waals surface area contributed by atoms with Crippen LogP contribution in [0, 0.1) is 10.1 Å². The Kier molecular flexibility index (Phi) is 4.79. The van der Waals surface area contributed by atoms with Gasteiger partial charge in [0, 0.05) is 0 Å². The third-order valence-electron chi connectivity index (χ3n) is 2.74. The number of anilines is 2. The first-order chi connectivity index (χ1) is 10.4. The molecule has 2 N–H and O–H groups in total. The summed E-state index contributed by atoms with van der Waals surface area (Å²) >= 11 is -0.0989. The van der Waals surface area contributed by atoms with Gasteiger partial charge < -0.3 is 0 Å². The number of rotatable bonds is 5. The Labute approximate surface area is 133 Å². The van der Waals surface area contributed by atoms with Crippen LogP contribution in [0.2, 0.25) is 0 Å². The van der Waals surface area contributed by atoms with Crippen molar-refractivity contribution in [3.63, 3.8) is 0 Å². The molecule has 116 valence electrons. The van der Waals surface area contributed by atoms with Crippen molar-refractivity contribution in [2.75, 3.05) is 24.4 Å². The van der Waals surface area contributed by atoms with Crippen molar-refractivity contribution in [2.45, 2.75) is 6.92 Å². The fourth-order valence-electron chi connectivity index (χ4n) is 1.58. The molecule has 22 heavy (non-hydrogen) atoms. The molecule has 9 heteroatoms. The van der Waals surface area contributed by atoms with Crippen molar-refractivity contribution >= 4 is 36.3 Å². The Morgan fingerprint density at radius 3 is 2.55 bits per heavy atom. The van der Waals surface area contributed by atoms with Crippen LogP contribution in [0.15, 0.2) is 29.4 Å². The van der Waals surface area contributed by atoms with Crippen LogP contribution in [0.4, 0.5) is 16.1 Å². The Morgan fingerprint density at radius 1 is 1.41 bits per heavy atom. The van der Waals surface area contributed by atoms with E-state index in [1.54, 1.807) is 19.1 Å². The van der Waals surface area contributed by atoms with Gasteiger partial charge in [-0.2, -0.15) is 0 Å². The molecule has 0 bridgehead atoms. The fourth-order valence-corrected chi connectivity index (χ4v) is 3.32. The Bertz CT molecular complexity index is 709. The Morgan fingerprint density at radius 2 is 2.05 bits per heavy atom. The van der Waals surface area contributed by atoms with E-state index in [4.69, 9.17) is 0 Å². The van der Waals surface area contributed by atoms with Crippen LogP contribution in [0.5, 0.6) is 5.88 Å². The fraction of sp³-hybridized carbons (Fsp3) is 0.231. The second-order valence-corrected chi connectivity index (χ2v) is 6.71. The van der Waals surface area contributed by atoms with E-state index in [9.17, 15) is 15.2 Å².